The second-order valence-corrected chi connectivity index (χ2v) is 12.8. The Bertz CT molecular complexity index is 1410. The van der Waals surface area contributed by atoms with Crippen molar-refractivity contribution in [3.63, 3.8) is 0 Å². The van der Waals surface area contributed by atoms with Gasteiger partial charge in [0.25, 0.3) is 10.0 Å². The third-order valence-electron chi connectivity index (χ3n) is 7.10. The van der Waals surface area contributed by atoms with Crippen LogP contribution in [0.4, 0.5) is 26.7 Å². The minimum atomic E-state index is -5.39. The molecule has 0 bridgehead atoms. The number of hydrogen-bond donors (Lipinski definition) is 1. The maximum absolute atomic E-state index is 15.1. The molecular weight excluding hydrogens is 565 g/mol. The summed E-state index contributed by atoms with van der Waals surface area (Å²) in [5, 5.41) is 14.2. The van der Waals surface area contributed by atoms with Gasteiger partial charge in [-0.25, -0.2) is 22.0 Å². The zero-order valence-electron chi connectivity index (χ0n) is 22.0. The van der Waals surface area contributed by atoms with Gasteiger partial charge in [0.15, 0.2) is 0 Å². The zero-order chi connectivity index (χ0) is 29.9. The molecule has 0 radical (unpaired) electrons. The summed E-state index contributed by atoms with van der Waals surface area (Å²) in [6.45, 7) is 4.00. The van der Waals surface area contributed by atoms with Crippen molar-refractivity contribution in [1.82, 2.24) is 23.9 Å². The van der Waals surface area contributed by atoms with E-state index in [1.54, 1.807) is 4.90 Å². The molecule has 1 N–H and O–H groups in total. The number of piperidine rings is 1. The van der Waals surface area contributed by atoms with Gasteiger partial charge in [0.1, 0.15) is 11.6 Å². The van der Waals surface area contributed by atoms with Gasteiger partial charge in [-0.15, -0.1) is 0 Å². The SMILES string of the molecule is CC(C)(C)N(C(=O)O)[C@H]1C[C@@H](N2Cc3cn(S(C)(=O)=O)nc3C2)CN(C(=O)C(F)(F)F)[C@H]1c1cc(F)ccc1F. The van der Waals surface area contributed by atoms with Crippen LogP contribution in [0.2, 0.25) is 0 Å². The van der Waals surface area contributed by atoms with Gasteiger partial charge in [0.2, 0.25) is 0 Å². The van der Waals surface area contributed by atoms with Gasteiger partial charge in [0, 0.05) is 48.5 Å². The molecule has 16 heteroatoms. The predicted molar refractivity (Wildman–Crippen MR) is 130 cm³/mol. The van der Waals surface area contributed by atoms with Crippen LogP contribution in [0.3, 0.4) is 0 Å². The number of benzene rings is 1. The van der Waals surface area contributed by atoms with Crippen LogP contribution in [0.15, 0.2) is 24.4 Å². The van der Waals surface area contributed by atoms with E-state index in [1.807, 2.05) is 0 Å². The van der Waals surface area contributed by atoms with Crippen LogP contribution in [0, 0.1) is 11.6 Å². The second-order valence-electron chi connectivity index (χ2n) is 11.0. The summed E-state index contributed by atoms with van der Waals surface area (Å²) in [5.41, 5.74) is -0.928. The van der Waals surface area contributed by atoms with Crippen molar-refractivity contribution in [2.45, 2.75) is 70.1 Å². The number of halogens is 5. The summed E-state index contributed by atoms with van der Waals surface area (Å²) in [6.07, 6.45) is -4.81. The smallest absolute Gasteiger partial charge is 0.465 e. The van der Waals surface area contributed by atoms with E-state index in [0.29, 0.717) is 28.3 Å². The largest absolute Gasteiger partial charge is 0.471 e. The molecule has 3 heterocycles. The standard InChI is InChI=1S/C24H28F5N5O5S/c1-23(2,3)34(22(36)37)19-8-15(31-9-13-10-33(40(4,38)39)30-18(13)12-31)11-32(21(35)24(27,28)29)20(19)16-7-14(25)5-6-17(16)26/h5-7,10,15,19-20H,8-9,11-12H2,1-4H3,(H,36,37)/t15-,19+,20+/m1/s1. The lowest BCUT2D eigenvalue weighted by atomic mass is 9.84. The summed E-state index contributed by atoms with van der Waals surface area (Å²) >= 11 is 0. The highest BCUT2D eigenvalue weighted by Crippen LogP contribution is 2.42. The highest BCUT2D eigenvalue weighted by atomic mass is 32.2. The van der Waals surface area contributed by atoms with Crippen molar-refractivity contribution >= 4 is 22.0 Å². The molecule has 2 aromatic rings. The van der Waals surface area contributed by atoms with Crippen molar-refractivity contribution < 1.29 is 45.1 Å². The number of nitrogens with zero attached hydrogens (tertiary/aromatic N) is 5. The lowest BCUT2D eigenvalue weighted by Crippen LogP contribution is -2.64. The highest BCUT2D eigenvalue weighted by Gasteiger charge is 2.54. The minimum absolute atomic E-state index is 0.0187. The number of amides is 2. The molecule has 4 rings (SSSR count). The maximum Gasteiger partial charge on any atom is 0.471 e. The Morgan fingerprint density at radius 3 is 2.30 bits per heavy atom. The Hall–Kier alpha value is -3.27. The van der Waals surface area contributed by atoms with E-state index in [-0.39, 0.29) is 19.5 Å². The molecule has 2 amide bonds. The normalized spacial score (nSPS) is 22.3. The molecule has 0 aliphatic carbocycles. The summed E-state index contributed by atoms with van der Waals surface area (Å²) in [5.74, 6) is -4.39. The number of fused-ring (bicyclic) bond motifs is 1. The highest BCUT2D eigenvalue weighted by molar-refractivity contribution is 7.89. The molecule has 2 aliphatic rings. The van der Waals surface area contributed by atoms with E-state index in [9.17, 15) is 40.7 Å². The van der Waals surface area contributed by atoms with Gasteiger partial charge in [0.05, 0.1) is 24.0 Å². The van der Waals surface area contributed by atoms with Gasteiger partial charge in [-0.1, -0.05) is 0 Å². The molecule has 10 nitrogen and oxygen atoms in total. The fourth-order valence-electron chi connectivity index (χ4n) is 5.54. The van der Waals surface area contributed by atoms with E-state index < -0.39 is 75.6 Å². The quantitative estimate of drug-likeness (QED) is 0.541. The number of aromatic nitrogens is 2. The molecule has 40 heavy (non-hydrogen) atoms. The molecule has 0 saturated carbocycles. The number of alkyl halides is 3. The van der Waals surface area contributed by atoms with Gasteiger partial charge in [-0.2, -0.15) is 22.4 Å². The van der Waals surface area contributed by atoms with E-state index in [0.717, 1.165) is 21.3 Å². The first-order valence-corrected chi connectivity index (χ1v) is 14.0. The third kappa shape index (κ3) is 5.64. The zero-order valence-corrected chi connectivity index (χ0v) is 22.8. The van der Waals surface area contributed by atoms with Gasteiger partial charge >= 0.3 is 18.2 Å². The average Bonchev–Trinajstić information content (AvgIpc) is 3.38. The van der Waals surface area contributed by atoms with Crippen LogP contribution in [0.5, 0.6) is 0 Å². The van der Waals surface area contributed by atoms with Crippen LogP contribution in [-0.4, -0.2) is 86.0 Å². The van der Waals surface area contributed by atoms with Crippen molar-refractivity contribution in [1.29, 1.82) is 0 Å². The van der Waals surface area contributed by atoms with Crippen LogP contribution in [0.25, 0.3) is 0 Å². The molecule has 1 saturated heterocycles. The van der Waals surface area contributed by atoms with E-state index in [1.165, 1.54) is 27.0 Å². The third-order valence-corrected chi connectivity index (χ3v) is 7.97. The topological polar surface area (TPSA) is 116 Å². The molecule has 2 aliphatic heterocycles. The number of carboxylic acid groups (broad SMARTS) is 1. The molecule has 3 atom stereocenters. The van der Waals surface area contributed by atoms with Crippen molar-refractivity contribution in [2.75, 3.05) is 12.8 Å². The Morgan fingerprint density at radius 1 is 1.12 bits per heavy atom. The van der Waals surface area contributed by atoms with Crippen LogP contribution < -0.4 is 0 Å². The summed E-state index contributed by atoms with van der Waals surface area (Å²) in [4.78, 5) is 28.2. The first kappa shape index (κ1) is 29.7. The van der Waals surface area contributed by atoms with Crippen LogP contribution >= 0.6 is 0 Å². The Kier molecular flexibility index (Phi) is 7.41. The Morgan fingerprint density at radius 2 is 1.77 bits per heavy atom. The molecule has 1 aromatic heterocycles. The molecule has 1 fully saturated rings. The second kappa shape index (κ2) is 9.98. The van der Waals surface area contributed by atoms with Crippen molar-refractivity contribution in [3.8, 4) is 0 Å². The number of carbonyl (C=O) groups excluding carboxylic acids is 1. The monoisotopic (exact) mass is 593 g/mol. The lowest BCUT2D eigenvalue weighted by molar-refractivity contribution is -0.193. The van der Waals surface area contributed by atoms with Crippen molar-refractivity contribution in [2.24, 2.45) is 0 Å². The number of likely N-dealkylation sites (tertiary alicyclic amines) is 1. The summed E-state index contributed by atoms with van der Waals surface area (Å²) < 4.78 is 95.4. The van der Waals surface area contributed by atoms with Crippen LogP contribution in [0.1, 0.15) is 50.1 Å². The Labute approximate surface area is 227 Å². The fraction of sp³-hybridized carbons (Fsp3) is 0.542. The molecule has 220 valence electrons. The average molecular weight is 594 g/mol. The lowest BCUT2D eigenvalue weighted by Gasteiger charge is -2.52. The first-order valence-electron chi connectivity index (χ1n) is 12.2. The Balaban J connectivity index is 1.82. The summed E-state index contributed by atoms with van der Waals surface area (Å²) in [6, 6.07) is -1.92. The van der Waals surface area contributed by atoms with Gasteiger partial charge in [-0.05, 0) is 45.4 Å². The van der Waals surface area contributed by atoms with E-state index in [2.05, 4.69) is 5.10 Å². The molecule has 1 aromatic carbocycles. The summed E-state index contributed by atoms with van der Waals surface area (Å²) in [7, 11) is -3.68. The number of carbonyl (C=O) groups is 2. The predicted octanol–water partition coefficient (Wildman–Crippen LogP) is 3.34. The number of hydrogen-bond acceptors (Lipinski definition) is 6. The van der Waals surface area contributed by atoms with Crippen molar-refractivity contribution in [3.05, 3.63) is 52.9 Å². The maximum atomic E-state index is 15.1. The van der Waals surface area contributed by atoms with E-state index >= 15 is 4.39 Å². The van der Waals surface area contributed by atoms with Gasteiger partial charge < -0.3 is 10.0 Å². The van der Waals surface area contributed by atoms with Crippen LogP contribution in [-0.2, 0) is 27.9 Å². The molecule has 0 spiro atoms. The first-order chi connectivity index (χ1) is 18.3. The minimum Gasteiger partial charge on any atom is -0.465 e. The molecular formula is C24H28F5N5O5S. The molecule has 0 unspecified atom stereocenters. The fourth-order valence-corrected chi connectivity index (χ4v) is 6.10. The number of rotatable bonds is 4. The van der Waals surface area contributed by atoms with E-state index in [4.69, 9.17) is 0 Å². The van der Waals surface area contributed by atoms with Gasteiger partial charge in [-0.3, -0.25) is 14.6 Å².